The molecule has 1 spiro atoms. The van der Waals surface area contributed by atoms with E-state index in [-0.39, 0.29) is 17.6 Å². The first-order chi connectivity index (χ1) is 12.6. The van der Waals surface area contributed by atoms with Gasteiger partial charge in [-0.15, -0.1) is 0 Å². The number of ether oxygens (including phenoxy) is 2. The molecule has 2 fully saturated rings. The summed E-state index contributed by atoms with van der Waals surface area (Å²) in [7, 11) is 0. The number of likely N-dealkylation sites (tertiary alicyclic amines) is 1. The maximum atomic E-state index is 12.5. The minimum absolute atomic E-state index is 0.0133. The number of amides is 1. The van der Waals surface area contributed by atoms with Crippen molar-refractivity contribution in [3.05, 3.63) is 59.7 Å². The molecule has 1 amide bonds. The minimum Gasteiger partial charge on any atom is -0.372 e. The molecule has 4 rings (SSSR count). The van der Waals surface area contributed by atoms with Gasteiger partial charge in [0.15, 0.2) is 0 Å². The van der Waals surface area contributed by atoms with Crippen LogP contribution in [0.2, 0.25) is 0 Å². The van der Waals surface area contributed by atoms with E-state index in [1.807, 2.05) is 30.0 Å². The first-order valence-corrected chi connectivity index (χ1v) is 9.01. The van der Waals surface area contributed by atoms with Crippen LogP contribution in [0.1, 0.15) is 34.6 Å². The molecule has 0 aromatic carbocycles. The predicted octanol–water partition coefficient (Wildman–Crippen LogP) is 2.38. The summed E-state index contributed by atoms with van der Waals surface area (Å²) in [6.45, 7) is 4.39. The first-order valence-electron chi connectivity index (χ1n) is 9.01. The van der Waals surface area contributed by atoms with Gasteiger partial charge in [0.05, 0.1) is 37.1 Å². The number of carbonyl (C=O) groups excluding carboxylic acids is 1. The average molecular weight is 353 g/mol. The lowest BCUT2D eigenvalue weighted by molar-refractivity contribution is -0.188. The molecule has 2 aromatic heterocycles. The third kappa shape index (κ3) is 3.61. The molecule has 6 heteroatoms. The highest BCUT2D eigenvalue weighted by Crippen LogP contribution is 2.36. The van der Waals surface area contributed by atoms with Gasteiger partial charge in [-0.05, 0) is 37.6 Å². The molecular weight excluding hydrogens is 330 g/mol. The molecule has 6 nitrogen and oxygen atoms in total. The van der Waals surface area contributed by atoms with Crippen LogP contribution >= 0.6 is 0 Å². The Labute approximate surface area is 153 Å². The Bertz CT molecular complexity index is 775. The van der Waals surface area contributed by atoms with Gasteiger partial charge in [-0.1, -0.05) is 6.07 Å². The van der Waals surface area contributed by atoms with Crippen molar-refractivity contribution in [3.8, 4) is 0 Å². The number of aromatic nitrogens is 2. The monoisotopic (exact) mass is 353 g/mol. The van der Waals surface area contributed by atoms with E-state index in [1.54, 1.807) is 24.5 Å². The summed E-state index contributed by atoms with van der Waals surface area (Å²) in [5, 5.41) is 0. The quantitative estimate of drug-likeness (QED) is 0.844. The van der Waals surface area contributed by atoms with Crippen molar-refractivity contribution in [2.75, 3.05) is 19.7 Å². The summed E-state index contributed by atoms with van der Waals surface area (Å²) in [6.07, 6.45) is 5.11. The fraction of sp³-hybridized carbons (Fsp3) is 0.450. The number of aryl methyl sites for hydroxylation is 1. The second kappa shape index (κ2) is 7.13. The SMILES string of the molecule is Cc1cccc(CO[C@@H]2CCOC3(C2)CN(C(=O)c2cccnc2)C3)n1. The Morgan fingerprint density at radius 3 is 3.00 bits per heavy atom. The van der Waals surface area contributed by atoms with E-state index < -0.39 is 0 Å². The molecule has 0 N–H and O–H groups in total. The van der Waals surface area contributed by atoms with E-state index in [0.29, 0.717) is 31.9 Å². The Balaban J connectivity index is 1.31. The van der Waals surface area contributed by atoms with Gasteiger partial charge in [0.1, 0.15) is 5.60 Å². The Morgan fingerprint density at radius 1 is 1.35 bits per heavy atom. The van der Waals surface area contributed by atoms with Crippen molar-refractivity contribution >= 4 is 5.91 Å². The summed E-state index contributed by atoms with van der Waals surface area (Å²) < 4.78 is 12.1. The molecule has 2 aliphatic heterocycles. The van der Waals surface area contributed by atoms with Crippen LogP contribution in [-0.2, 0) is 16.1 Å². The third-order valence-electron chi connectivity index (χ3n) is 5.01. The van der Waals surface area contributed by atoms with Crippen molar-refractivity contribution in [2.45, 2.75) is 38.1 Å². The van der Waals surface area contributed by atoms with E-state index in [4.69, 9.17) is 9.47 Å². The molecule has 136 valence electrons. The average Bonchev–Trinajstić information content (AvgIpc) is 2.65. The molecule has 2 aliphatic rings. The van der Waals surface area contributed by atoms with E-state index in [9.17, 15) is 4.79 Å². The fourth-order valence-corrected chi connectivity index (χ4v) is 3.69. The lowest BCUT2D eigenvalue weighted by Crippen LogP contribution is -2.67. The molecule has 2 aromatic rings. The number of carbonyl (C=O) groups is 1. The van der Waals surface area contributed by atoms with Crippen LogP contribution in [0.5, 0.6) is 0 Å². The highest BCUT2D eigenvalue weighted by Gasteiger charge is 2.49. The minimum atomic E-state index is -0.263. The molecule has 4 heterocycles. The number of pyridine rings is 2. The van der Waals surface area contributed by atoms with Crippen molar-refractivity contribution in [1.82, 2.24) is 14.9 Å². The van der Waals surface area contributed by atoms with Crippen LogP contribution in [0, 0.1) is 6.92 Å². The zero-order valence-corrected chi connectivity index (χ0v) is 14.9. The molecular formula is C20H23N3O3. The van der Waals surface area contributed by atoms with Gasteiger partial charge in [0.25, 0.3) is 5.91 Å². The normalized spacial score (nSPS) is 21.4. The van der Waals surface area contributed by atoms with Gasteiger partial charge in [-0.3, -0.25) is 14.8 Å². The molecule has 2 saturated heterocycles. The van der Waals surface area contributed by atoms with Gasteiger partial charge < -0.3 is 14.4 Å². The van der Waals surface area contributed by atoms with E-state index in [1.165, 1.54) is 0 Å². The van der Waals surface area contributed by atoms with Crippen LogP contribution in [0.4, 0.5) is 0 Å². The van der Waals surface area contributed by atoms with Crippen molar-refractivity contribution in [2.24, 2.45) is 0 Å². The number of rotatable bonds is 4. The maximum Gasteiger partial charge on any atom is 0.255 e. The summed E-state index contributed by atoms with van der Waals surface area (Å²) in [6, 6.07) is 9.54. The van der Waals surface area contributed by atoms with Crippen molar-refractivity contribution in [1.29, 1.82) is 0 Å². The summed E-state index contributed by atoms with van der Waals surface area (Å²) in [4.78, 5) is 22.8. The Hall–Kier alpha value is -2.31. The lowest BCUT2D eigenvalue weighted by atomic mass is 9.84. The highest BCUT2D eigenvalue weighted by atomic mass is 16.5. The van der Waals surface area contributed by atoms with Crippen LogP contribution in [-0.4, -0.2) is 52.2 Å². The summed E-state index contributed by atoms with van der Waals surface area (Å²) in [5.74, 6) is 0.0133. The van der Waals surface area contributed by atoms with E-state index >= 15 is 0 Å². The molecule has 1 atom stereocenters. The molecule has 26 heavy (non-hydrogen) atoms. The Kier molecular flexibility index (Phi) is 4.70. The molecule has 0 aliphatic carbocycles. The van der Waals surface area contributed by atoms with Crippen molar-refractivity contribution in [3.63, 3.8) is 0 Å². The number of hydrogen-bond acceptors (Lipinski definition) is 5. The first kappa shape index (κ1) is 17.1. The maximum absolute atomic E-state index is 12.5. The largest absolute Gasteiger partial charge is 0.372 e. The van der Waals surface area contributed by atoms with Gasteiger partial charge in [0.2, 0.25) is 0 Å². The summed E-state index contributed by atoms with van der Waals surface area (Å²) >= 11 is 0. The number of hydrogen-bond donors (Lipinski definition) is 0. The number of nitrogens with zero attached hydrogens (tertiary/aromatic N) is 3. The standard InChI is InChI=1S/C20H23N3O3/c1-15-4-2-6-17(22-15)12-25-18-7-9-26-20(10-18)13-23(14-20)19(24)16-5-3-8-21-11-16/h2-6,8,11,18H,7,9-10,12-14H2,1H3/t18-/m1/s1. The third-order valence-corrected chi connectivity index (χ3v) is 5.01. The van der Waals surface area contributed by atoms with Gasteiger partial charge >= 0.3 is 0 Å². The lowest BCUT2D eigenvalue weighted by Gasteiger charge is -2.53. The predicted molar refractivity (Wildman–Crippen MR) is 95.6 cm³/mol. The van der Waals surface area contributed by atoms with Gasteiger partial charge in [-0.25, -0.2) is 0 Å². The van der Waals surface area contributed by atoms with Gasteiger partial charge in [0, 0.05) is 31.1 Å². The van der Waals surface area contributed by atoms with Crippen LogP contribution < -0.4 is 0 Å². The zero-order chi connectivity index (χ0) is 18.0. The Morgan fingerprint density at radius 2 is 2.23 bits per heavy atom. The molecule has 0 unspecified atom stereocenters. The molecule has 0 radical (unpaired) electrons. The van der Waals surface area contributed by atoms with Gasteiger partial charge in [-0.2, -0.15) is 0 Å². The second-order valence-electron chi connectivity index (χ2n) is 7.13. The second-order valence-corrected chi connectivity index (χ2v) is 7.13. The topological polar surface area (TPSA) is 64.6 Å². The molecule has 0 saturated carbocycles. The van der Waals surface area contributed by atoms with E-state index in [0.717, 1.165) is 24.2 Å². The molecule has 0 bridgehead atoms. The van der Waals surface area contributed by atoms with E-state index in [2.05, 4.69) is 9.97 Å². The van der Waals surface area contributed by atoms with Crippen LogP contribution in [0.25, 0.3) is 0 Å². The highest BCUT2D eigenvalue weighted by molar-refractivity contribution is 5.94. The van der Waals surface area contributed by atoms with Crippen molar-refractivity contribution < 1.29 is 14.3 Å². The fourth-order valence-electron chi connectivity index (χ4n) is 3.69. The summed E-state index contributed by atoms with van der Waals surface area (Å²) in [5.41, 5.74) is 2.31. The van der Waals surface area contributed by atoms with Crippen LogP contribution in [0.3, 0.4) is 0 Å². The zero-order valence-electron chi connectivity index (χ0n) is 14.9. The smallest absolute Gasteiger partial charge is 0.255 e. The van der Waals surface area contributed by atoms with Crippen LogP contribution in [0.15, 0.2) is 42.7 Å².